The SMILES string of the molecule is COc1cc(-c2cccc3cc([C@H](C)Nc4nc(N)ncc4-c4ccc(F)c(O)c4)n(-c4ccccc4)c(=O)c23)ccn1. The third-order valence-electron chi connectivity index (χ3n) is 7.21. The third-order valence-corrected chi connectivity index (χ3v) is 7.21. The topological polar surface area (TPSA) is 128 Å². The molecule has 43 heavy (non-hydrogen) atoms. The van der Waals surface area contributed by atoms with Gasteiger partial charge in [-0.25, -0.2) is 14.4 Å². The highest BCUT2D eigenvalue weighted by Crippen LogP contribution is 2.34. The van der Waals surface area contributed by atoms with Crippen LogP contribution in [0.15, 0.2) is 102 Å². The summed E-state index contributed by atoms with van der Waals surface area (Å²) in [7, 11) is 1.55. The summed E-state index contributed by atoms with van der Waals surface area (Å²) in [5, 5.41) is 14.7. The Kier molecular flexibility index (Phi) is 7.17. The van der Waals surface area contributed by atoms with Crippen LogP contribution in [-0.2, 0) is 0 Å². The highest BCUT2D eigenvalue weighted by molar-refractivity contribution is 5.96. The third kappa shape index (κ3) is 5.21. The van der Waals surface area contributed by atoms with Crippen molar-refractivity contribution in [2.45, 2.75) is 13.0 Å². The molecule has 3 heterocycles. The minimum absolute atomic E-state index is 0.0289. The van der Waals surface area contributed by atoms with Gasteiger partial charge in [-0.1, -0.05) is 42.5 Å². The fraction of sp³-hybridized carbons (Fsp3) is 0.0909. The number of hydrogen-bond donors (Lipinski definition) is 3. The molecule has 0 amide bonds. The summed E-state index contributed by atoms with van der Waals surface area (Å²) in [6.45, 7) is 1.90. The van der Waals surface area contributed by atoms with Gasteiger partial charge in [-0.05, 0) is 65.4 Å². The molecular formula is C33H27FN6O3. The maximum atomic E-state index is 14.4. The van der Waals surface area contributed by atoms with E-state index in [2.05, 4.69) is 20.3 Å². The van der Waals surface area contributed by atoms with Crippen LogP contribution in [0.1, 0.15) is 18.7 Å². The number of phenols is 1. The molecule has 0 saturated carbocycles. The Morgan fingerprint density at radius 1 is 0.953 bits per heavy atom. The number of pyridine rings is 2. The van der Waals surface area contributed by atoms with Crippen molar-refractivity contribution < 1.29 is 14.2 Å². The van der Waals surface area contributed by atoms with Crippen molar-refractivity contribution in [3.05, 3.63) is 119 Å². The number of fused-ring (bicyclic) bond motifs is 1. The van der Waals surface area contributed by atoms with Crippen LogP contribution in [0.2, 0.25) is 0 Å². The smallest absolute Gasteiger partial charge is 0.263 e. The molecule has 214 valence electrons. The van der Waals surface area contributed by atoms with E-state index in [1.807, 2.05) is 67.6 Å². The molecule has 0 aliphatic carbocycles. The van der Waals surface area contributed by atoms with E-state index in [9.17, 15) is 14.3 Å². The lowest BCUT2D eigenvalue weighted by molar-refractivity contribution is 0.398. The molecule has 0 aliphatic rings. The molecule has 0 unspecified atom stereocenters. The van der Waals surface area contributed by atoms with Crippen LogP contribution in [0.4, 0.5) is 16.2 Å². The molecule has 4 N–H and O–H groups in total. The minimum atomic E-state index is -0.740. The summed E-state index contributed by atoms with van der Waals surface area (Å²) < 4.78 is 20.8. The van der Waals surface area contributed by atoms with Crippen molar-refractivity contribution in [3.63, 3.8) is 0 Å². The van der Waals surface area contributed by atoms with Gasteiger partial charge in [-0.3, -0.25) is 9.36 Å². The van der Waals surface area contributed by atoms with Gasteiger partial charge >= 0.3 is 0 Å². The first-order valence-electron chi connectivity index (χ1n) is 13.5. The second-order valence-corrected chi connectivity index (χ2v) is 9.92. The van der Waals surface area contributed by atoms with Crippen LogP contribution in [0.25, 0.3) is 38.7 Å². The van der Waals surface area contributed by atoms with Gasteiger partial charge in [0, 0.05) is 35.4 Å². The zero-order valence-corrected chi connectivity index (χ0v) is 23.3. The number of hydrogen-bond acceptors (Lipinski definition) is 8. The predicted octanol–water partition coefficient (Wildman–Crippen LogP) is 6.12. The van der Waals surface area contributed by atoms with Gasteiger partial charge in [-0.2, -0.15) is 4.98 Å². The molecule has 3 aromatic heterocycles. The zero-order valence-electron chi connectivity index (χ0n) is 23.3. The minimum Gasteiger partial charge on any atom is -0.505 e. The Bertz CT molecular complexity index is 2030. The number of nitrogen functional groups attached to an aromatic ring is 1. The number of rotatable bonds is 7. The molecule has 6 aromatic rings. The maximum Gasteiger partial charge on any atom is 0.263 e. The second-order valence-electron chi connectivity index (χ2n) is 9.92. The lowest BCUT2D eigenvalue weighted by Crippen LogP contribution is -2.26. The summed E-state index contributed by atoms with van der Waals surface area (Å²) >= 11 is 0. The first-order valence-corrected chi connectivity index (χ1v) is 13.5. The standard InChI is InChI=1S/C33H27FN6O3/c1-19(38-31-25(18-37-33(35)39-31)20-11-12-26(34)28(41)16-20)27-15-22-7-6-10-24(21-13-14-36-29(17-21)43-2)30(22)32(42)40(27)23-8-4-3-5-9-23/h3-19,41H,1-2H3,(H3,35,37,38,39)/t19-/m0/s1. The van der Waals surface area contributed by atoms with Crippen molar-refractivity contribution in [1.29, 1.82) is 0 Å². The van der Waals surface area contributed by atoms with Crippen LogP contribution in [-0.4, -0.2) is 31.7 Å². The van der Waals surface area contributed by atoms with Gasteiger partial charge in [0.05, 0.1) is 18.5 Å². The largest absolute Gasteiger partial charge is 0.505 e. The number of nitrogens with one attached hydrogen (secondary N) is 1. The lowest BCUT2D eigenvalue weighted by atomic mass is 9.98. The number of nitrogens with two attached hydrogens (primary N) is 1. The average Bonchev–Trinajstić information content (AvgIpc) is 3.02. The normalized spacial score (nSPS) is 11.8. The lowest BCUT2D eigenvalue weighted by Gasteiger charge is -2.23. The first kappa shape index (κ1) is 27.4. The Morgan fingerprint density at radius 3 is 2.51 bits per heavy atom. The Balaban J connectivity index is 1.53. The molecule has 0 bridgehead atoms. The van der Waals surface area contributed by atoms with E-state index in [-0.39, 0.29) is 11.5 Å². The molecule has 6 rings (SSSR count). The maximum absolute atomic E-state index is 14.4. The van der Waals surface area contributed by atoms with Crippen molar-refractivity contribution in [2.75, 3.05) is 18.2 Å². The quantitative estimate of drug-likeness (QED) is 0.208. The first-order chi connectivity index (χ1) is 20.8. The predicted molar refractivity (Wildman–Crippen MR) is 165 cm³/mol. The molecular weight excluding hydrogens is 547 g/mol. The van der Waals surface area contributed by atoms with Crippen molar-refractivity contribution >= 4 is 22.5 Å². The average molecular weight is 575 g/mol. The number of phenolic OH excluding ortho intramolecular Hbond substituents is 1. The number of aromatic hydroxyl groups is 1. The van der Waals surface area contributed by atoms with Crippen LogP contribution in [0.5, 0.6) is 11.6 Å². The van der Waals surface area contributed by atoms with Gasteiger partial charge < -0.3 is 20.9 Å². The summed E-state index contributed by atoms with van der Waals surface area (Å²) in [6.07, 6.45) is 3.15. The van der Waals surface area contributed by atoms with E-state index in [0.29, 0.717) is 39.6 Å². The zero-order chi connectivity index (χ0) is 30.1. The Hall–Kier alpha value is -5.77. The van der Waals surface area contributed by atoms with Gasteiger partial charge in [0.15, 0.2) is 11.6 Å². The van der Waals surface area contributed by atoms with Crippen LogP contribution in [0, 0.1) is 5.82 Å². The van der Waals surface area contributed by atoms with Crippen LogP contribution in [0.3, 0.4) is 0 Å². The van der Waals surface area contributed by atoms with E-state index >= 15 is 0 Å². The Labute approximate surface area is 246 Å². The molecule has 0 fully saturated rings. The summed E-state index contributed by atoms with van der Waals surface area (Å²) in [5.41, 5.74) is 9.64. The van der Waals surface area contributed by atoms with E-state index in [4.69, 9.17) is 10.5 Å². The second kappa shape index (κ2) is 11.2. The van der Waals surface area contributed by atoms with Gasteiger partial charge in [-0.15, -0.1) is 0 Å². The number of halogens is 1. The summed E-state index contributed by atoms with van der Waals surface area (Å²) in [5.74, 6) is -0.405. The summed E-state index contributed by atoms with van der Waals surface area (Å²) in [6, 6.07) is 24.2. The Morgan fingerprint density at radius 2 is 1.74 bits per heavy atom. The van der Waals surface area contributed by atoms with Crippen molar-refractivity contribution in [1.82, 2.24) is 19.5 Å². The van der Waals surface area contributed by atoms with Crippen molar-refractivity contribution in [2.24, 2.45) is 0 Å². The molecule has 10 heteroatoms. The molecule has 1 atom stereocenters. The van der Waals surface area contributed by atoms with Gasteiger partial charge in [0.25, 0.3) is 5.56 Å². The number of benzene rings is 3. The molecule has 0 saturated heterocycles. The van der Waals surface area contributed by atoms with Crippen molar-refractivity contribution in [3.8, 4) is 39.6 Å². The fourth-order valence-corrected chi connectivity index (χ4v) is 5.15. The summed E-state index contributed by atoms with van der Waals surface area (Å²) in [4.78, 5) is 27.2. The number of anilines is 2. The molecule has 9 nitrogen and oxygen atoms in total. The molecule has 3 aromatic carbocycles. The number of methoxy groups -OCH3 is 1. The monoisotopic (exact) mass is 574 g/mol. The highest BCUT2D eigenvalue weighted by Gasteiger charge is 2.21. The highest BCUT2D eigenvalue weighted by atomic mass is 19.1. The van der Waals surface area contributed by atoms with E-state index < -0.39 is 17.6 Å². The van der Waals surface area contributed by atoms with Gasteiger partial charge in [0.2, 0.25) is 11.8 Å². The molecule has 0 spiro atoms. The fourth-order valence-electron chi connectivity index (χ4n) is 5.15. The van der Waals surface area contributed by atoms with E-state index in [0.717, 1.165) is 16.5 Å². The molecule has 0 radical (unpaired) electrons. The number of para-hydroxylation sites is 1. The number of aromatic nitrogens is 4. The van der Waals surface area contributed by atoms with E-state index in [1.54, 1.807) is 23.9 Å². The molecule has 0 aliphatic heterocycles. The van der Waals surface area contributed by atoms with Crippen LogP contribution < -0.4 is 21.3 Å². The van der Waals surface area contributed by atoms with Crippen LogP contribution >= 0.6 is 0 Å². The number of ether oxygens (including phenoxy) is 1. The number of nitrogens with zero attached hydrogens (tertiary/aromatic N) is 4. The van der Waals surface area contributed by atoms with Gasteiger partial charge in [0.1, 0.15) is 5.82 Å². The van der Waals surface area contributed by atoms with E-state index in [1.165, 1.54) is 24.4 Å².